The Kier molecular flexibility index (Phi) is 7.98. The van der Waals surface area contributed by atoms with E-state index in [4.69, 9.17) is 16.0 Å². The van der Waals surface area contributed by atoms with Gasteiger partial charge in [-0.25, -0.2) is 0 Å². The minimum atomic E-state index is -0.0119. The third-order valence-corrected chi connectivity index (χ3v) is 5.57. The number of benzene rings is 1. The first-order valence-corrected chi connectivity index (χ1v) is 10.8. The summed E-state index contributed by atoms with van der Waals surface area (Å²) in [5, 5.41) is 12.0. The van der Waals surface area contributed by atoms with E-state index in [0.29, 0.717) is 22.7 Å². The van der Waals surface area contributed by atoms with Gasteiger partial charge in [0.15, 0.2) is 0 Å². The van der Waals surface area contributed by atoms with E-state index in [0.717, 1.165) is 18.5 Å². The quantitative estimate of drug-likeness (QED) is 0.528. The molecular formula is C19H25ClN4O2S. The predicted molar refractivity (Wildman–Crippen MR) is 108 cm³/mol. The number of aromatic nitrogens is 2. The molecule has 2 heterocycles. The number of nitrogens with one attached hydrogen (secondary N) is 1. The Labute approximate surface area is 169 Å². The molecule has 27 heavy (non-hydrogen) atoms. The summed E-state index contributed by atoms with van der Waals surface area (Å²) in [7, 11) is 0. The van der Waals surface area contributed by atoms with Gasteiger partial charge in [0.2, 0.25) is 11.8 Å². The van der Waals surface area contributed by atoms with Crippen LogP contribution in [0.15, 0.2) is 33.9 Å². The van der Waals surface area contributed by atoms with Crippen molar-refractivity contribution >= 4 is 29.3 Å². The van der Waals surface area contributed by atoms with Crippen LogP contribution in [0.1, 0.15) is 32.1 Å². The molecule has 1 saturated heterocycles. The zero-order chi connectivity index (χ0) is 18.9. The maximum atomic E-state index is 12.0. The van der Waals surface area contributed by atoms with Gasteiger partial charge in [0.25, 0.3) is 5.22 Å². The highest BCUT2D eigenvalue weighted by atomic mass is 35.5. The van der Waals surface area contributed by atoms with Crippen LogP contribution >= 0.6 is 23.4 Å². The van der Waals surface area contributed by atoms with Crippen molar-refractivity contribution in [3.05, 3.63) is 29.3 Å². The van der Waals surface area contributed by atoms with E-state index in [1.54, 1.807) is 12.1 Å². The first-order chi connectivity index (χ1) is 13.2. The van der Waals surface area contributed by atoms with Crippen LogP contribution in [0.2, 0.25) is 5.02 Å². The van der Waals surface area contributed by atoms with Crippen molar-refractivity contribution in [1.82, 2.24) is 20.4 Å². The van der Waals surface area contributed by atoms with Crippen molar-refractivity contribution in [2.45, 2.75) is 37.3 Å². The van der Waals surface area contributed by atoms with Crippen molar-refractivity contribution in [3.8, 4) is 11.5 Å². The summed E-state index contributed by atoms with van der Waals surface area (Å²) in [5.74, 6) is 0.681. The van der Waals surface area contributed by atoms with Crippen LogP contribution in [0.3, 0.4) is 0 Å². The molecule has 1 fully saturated rings. The first kappa shape index (κ1) is 20.2. The number of carbonyl (C=O) groups is 1. The van der Waals surface area contributed by atoms with Crippen LogP contribution in [-0.2, 0) is 4.79 Å². The second-order valence-electron chi connectivity index (χ2n) is 6.63. The summed E-state index contributed by atoms with van der Waals surface area (Å²) in [4.78, 5) is 14.5. The highest BCUT2D eigenvalue weighted by Crippen LogP contribution is 2.24. The molecule has 0 unspecified atom stereocenters. The van der Waals surface area contributed by atoms with E-state index in [9.17, 15) is 4.79 Å². The van der Waals surface area contributed by atoms with Gasteiger partial charge in [-0.15, -0.1) is 10.2 Å². The number of nitrogens with zero attached hydrogens (tertiary/aromatic N) is 3. The van der Waals surface area contributed by atoms with E-state index in [1.165, 1.54) is 50.5 Å². The Balaban J connectivity index is 1.34. The topological polar surface area (TPSA) is 71.3 Å². The van der Waals surface area contributed by atoms with E-state index >= 15 is 0 Å². The fourth-order valence-corrected chi connectivity index (χ4v) is 3.76. The second kappa shape index (κ2) is 10.7. The molecule has 0 spiro atoms. The van der Waals surface area contributed by atoms with Gasteiger partial charge in [0.05, 0.1) is 5.75 Å². The molecule has 1 amide bonds. The zero-order valence-corrected chi connectivity index (χ0v) is 16.9. The van der Waals surface area contributed by atoms with Crippen LogP contribution < -0.4 is 5.32 Å². The van der Waals surface area contributed by atoms with Crippen molar-refractivity contribution in [1.29, 1.82) is 0 Å². The molecule has 0 aliphatic carbocycles. The molecule has 1 aliphatic heterocycles. The van der Waals surface area contributed by atoms with Crippen LogP contribution in [0.4, 0.5) is 0 Å². The minimum absolute atomic E-state index is 0.0119. The number of likely N-dealkylation sites (tertiary alicyclic amines) is 1. The molecule has 0 bridgehead atoms. The van der Waals surface area contributed by atoms with Gasteiger partial charge in [0, 0.05) is 17.1 Å². The maximum Gasteiger partial charge on any atom is 0.277 e. The van der Waals surface area contributed by atoms with E-state index in [2.05, 4.69) is 20.4 Å². The average molecular weight is 409 g/mol. The highest BCUT2D eigenvalue weighted by molar-refractivity contribution is 7.99. The Bertz CT molecular complexity index is 715. The summed E-state index contributed by atoms with van der Waals surface area (Å²) in [5.41, 5.74) is 0.803. The van der Waals surface area contributed by atoms with Crippen molar-refractivity contribution in [2.75, 3.05) is 31.9 Å². The number of halogens is 1. The maximum absolute atomic E-state index is 12.0. The number of rotatable bonds is 8. The van der Waals surface area contributed by atoms with Gasteiger partial charge in [0.1, 0.15) is 0 Å². The zero-order valence-electron chi connectivity index (χ0n) is 15.3. The molecule has 0 saturated carbocycles. The highest BCUT2D eigenvalue weighted by Gasteiger charge is 2.12. The van der Waals surface area contributed by atoms with Gasteiger partial charge in [-0.05, 0) is 63.2 Å². The molecule has 1 aromatic carbocycles. The molecular weight excluding hydrogens is 384 g/mol. The van der Waals surface area contributed by atoms with Gasteiger partial charge in [-0.2, -0.15) is 0 Å². The van der Waals surface area contributed by atoms with Gasteiger partial charge in [-0.3, -0.25) is 4.79 Å². The van der Waals surface area contributed by atoms with Gasteiger partial charge < -0.3 is 14.6 Å². The molecule has 6 nitrogen and oxygen atoms in total. The second-order valence-corrected chi connectivity index (χ2v) is 7.99. The fraction of sp³-hybridized carbons (Fsp3) is 0.526. The lowest BCUT2D eigenvalue weighted by Crippen LogP contribution is -2.31. The van der Waals surface area contributed by atoms with Crippen LogP contribution in [-0.4, -0.2) is 52.9 Å². The number of thioether (sulfide) groups is 1. The first-order valence-electron chi connectivity index (χ1n) is 9.42. The molecule has 2 aromatic rings. The summed E-state index contributed by atoms with van der Waals surface area (Å²) in [6.07, 6.45) is 6.27. The summed E-state index contributed by atoms with van der Waals surface area (Å²) >= 11 is 7.12. The molecule has 1 aliphatic rings. The molecule has 1 N–H and O–H groups in total. The fourth-order valence-electron chi connectivity index (χ4n) is 3.05. The third-order valence-electron chi connectivity index (χ3n) is 4.50. The molecule has 146 valence electrons. The lowest BCUT2D eigenvalue weighted by Gasteiger charge is -2.19. The number of carbonyl (C=O) groups excluding carboxylic acids is 1. The Morgan fingerprint density at radius 3 is 2.63 bits per heavy atom. The average Bonchev–Trinajstić information content (AvgIpc) is 3.00. The predicted octanol–water partition coefficient (Wildman–Crippen LogP) is 3.86. The Morgan fingerprint density at radius 2 is 1.89 bits per heavy atom. The molecule has 0 radical (unpaired) electrons. The van der Waals surface area contributed by atoms with Crippen LogP contribution in [0.25, 0.3) is 11.5 Å². The smallest absolute Gasteiger partial charge is 0.277 e. The summed E-state index contributed by atoms with van der Waals surface area (Å²) in [6, 6.07) is 7.18. The normalized spacial score (nSPS) is 15.4. The SMILES string of the molecule is O=C(CSc1nnc(-c2ccc(Cl)cc2)o1)NCCCN1CCCCCC1. The summed E-state index contributed by atoms with van der Waals surface area (Å²) in [6.45, 7) is 4.14. The molecule has 3 rings (SSSR count). The van der Waals surface area contributed by atoms with E-state index < -0.39 is 0 Å². The third kappa shape index (κ3) is 6.83. The van der Waals surface area contributed by atoms with Gasteiger partial charge in [-0.1, -0.05) is 36.2 Å². The Morgan fingerprint density at radius 1 is 1.15 bits per heavy atom. The van der Waals surface area contributed by atoms with Crippen LogP contribution in [0, 0.1) is 0 Å². The minimum Gasteiger partial charge on any atom is -0.411 e. The lowest BCUT2D eigenvalue weighted by atomic mass is 10.2. The molecule has 0 atom stereocenters. The monoisotopic (exact) mass is 408 g/mol. The van der Waals surface area contributed by atoms with Crippen LogP contribution in [0.5, 0.6) is 0 Å². The molecule has 1 aromatic heterocycles. The van der Waals surface area contributed by atoms with E-state index in [-0.39, 0.29) is 11.7 Å². The number of hydrogen-bond donors (Lipinski definition) is 1. The van der Waals surface area contributed by atoms with Crippen molar-refractivity contribution in [3.63, 3.8) is 0 Å². The van der Waals surface area contributed by atoms with Crippen molar-refractivity contribution < 1.29 is 9.21 Å². The van der Waals surface area contributed by atoms with Gasteiger partial charge >= 0.3 is 0 Å². The largest absolute Gasteiger partial charge is 0.411 e. The number of hydrogen-bond acceptors (Lipinski definition) is 6. The summed E-state index contributed by atoms with van der Waals surface area (Å²) < 4.78 is 5.59. The lowest BCUT2D eigenvalue weighted by molar-refractivity contribution is -0.118. The van der Waals surface area contributed by atoms with Crippen molar-refractivity contribution in [2.24, 2.45) is 0 Å². The molecule has 8 heteroatoms. The number of amides is 1. The standard InChI is InChI=1S/C19H25ClN4O2S/c20-16-8-6-15(7-9-16)18-22-23-19(26-18)27-14-17(25)21-10-5-13-24-11-3-1-2-4-12-24/h6-9H,1-5,10-14H2,(H,21,25). The van der Waals surface area contributed by atoms with E-state index in [1.807, 2.05) is 12.1 Å². The Hall–Kier alpha value is -1.57.